The van der Waals surface area contributed by atoms with E-state index in [0.717, 1.165) is 0 Å². The van der Waals surface area contributed by atoms with Crippen LogP contribution < -0.4 is 4.74 Å². The molecule has 0 aromatic heterocycles. The first kappa shape index (κ1) is 16.8. The molecule has 3 fully saturated rings. The first-order valence-electron chi connectivity index (χ1n) is 7.68. The average Bonchev–Trinajstić information content (AvgIpc) is 2.63. The zero-order valence-corrected chi connectivity index (χ0v) is 14.0. The van der Waals surface area contributed by atoms with E-state index in [4.69, 9.17) is 19.6 Å². The number of methoxy groups -OCH3 is 1. The lowest BCUT2D eigenvalue weighted by atomic mass is 9.51. The van der Waals surface area contributed by atoms with Crippen molar-refractivity contribution in [1.29, 1.82) is 21.2 Å². The molecule has 0 aliphatic carbocycles. The molecule has 3 heterocycles. The van der Waals surface area contributed by atoms with E-state index in [-0.39, 0.29) is 0 Å². The summed E-state index contributed by atoms with van der Waals surface area (Å²) in [5, 5.41) is 38.1. The van der Waals surface area contributed by atoms with Gasteiger partial charge in [-0.2, -0.15) is 15.8 Å². The van der Waals surface area contributed by atoms with E-state index < -0.39 is 34.5 Å². The van der Waals surface area contributed by atoms with Crippen molar-refractivity contribution < 1.29 is 14.2 Å². The van der Waals surface area contributed by atoms with Crippen LogP contribution in [0.25, 0.3) is 0 Å². The van der Waals surface area contributed by atoms with Crippen molar-refractivity contribution >= 4 is 5.90 Å². The van der Waals surface area contributed by atoms with Crippen LogP contribution in [0.4, 0.5) is 0 Å². The maximum atomic E-state index is 10.0. The summed E-state index contributed by atoms with van der Waals surface area (Å²) in [5.41, 5.74) is -3.11. The molecule has 0 amide bonds. The predicted molar refractivity (Wildman–Crippen MR) is 84.9 cm³/mol. The minimum Gasteiger partial charge on any atom is -0.497 e. The van der Waals surface area contributed by atoms with Gasteiger partial charge in [-0.05, 0) is 17.7 Å². The SMILES string of the molecule is COc1cccc([C@@H]2O[C@@]3(C)OC(=N)[C@@]2(C#N)C(C#N)(C#N)[C@H]3C)c1. The minimum absolute atomic E-state index is 0.419. The number of hydrogen-bond acceptors (Lipinski definition) is 7. The highest BCUT2D eigenvalue weighted by molar-refractivity contribution is 5.88. The molecule has 3 aliphatic rings. The van der Waals surface area contributed by atoms with Crippen molar-refractivity contribution in [2.24, 2.45) is 16.7 Å². The predicted octanol–water partition coefficient (Wildman–Crippen LogP) is 2.67. The Labute approximate surface area is 145 Å². The molecule has 1 aromatic rings. The van der Waals surface area contributed by atoms with Gasteiger partial charge in [-0.3, -0.25) is 5.41 Å². The maximum absolute atomic E-state index is 10.0. The van der Waals surface area contributed by atoms with Gasteiger partial charge in [0, 0.05) is 6.92 Å². The molecule has 0 radical (unpaired) electrons. The first-order chi connectivity index (χ1) is 11.8. The quantitative estimate of drug-likeness (QED) is 0.885. The highest BCUT2D eigenvalue weighted by atomic mass is 16.7. The average molecular weight is 336 g/mol. The summed E-state index contributed by atoms with van der Waals surface area (Å²) in [6.07, 6.45) is -1.01. The fraction of sp³-hybridized carbons (Fsp3) is 0.444. The molecule has 126 valence electrons. The van der Waals surface area contributed by atoms with Gasteiger partial charge in [0.2, 0.25) is 11.7 Å². The van der Waals surface area contributed by atoms with Crippen LogP contribution in [0.15, 0.2) is 24.3 Å². The summed E-state index contributed by atoms with van der Waals surface area (Å²) in [4.78, 5) is 0. The van der Waals surface area contributed by atoms with Crippen molar-refractivity contribution in [2.75, 3.05) is 7.11 Å². The van der Waals surface area contributed by atoms with Crippen LogP contribution in [0.2, 0.25) is 0 Å². The number of nitrogens with zero attached hydrogens (tertiary/aromatic N) is 3. The zero-order chi connectivity index (χ0) is 18.5. The third-order valence-corrected chi connectivity index (χ3v) is 5.39. The van der Waals surface area contributed by atoms with Gasteiger partial charge in [-0.15, -0.1) is 0 Å². The number of nitrogens with one attached hydrogen (secondary N) is 1. The van der Waals surface area contributed by atoms with Crippen molar-refractivity contribution in [3.63, 3.8) is 0 Å². The summed E-state index contributed by atoms with van der Waals surface area (Å²) < 4.78 is 16.8. The van der Waals surface area contributed by atoms with Crippen LogP contribution in [0.1, 0.15) is 25.5 Å². The number of rotatable bonds is 2. The smallest absolute Gasteiger partial charge is 0.215 e. The van der Waals surface area contributed by atoms with Crippen LogP contribution in [0.5, 0.6) is 5.75 Å². The molecular weight excluding hydrogens is 320 g/mol. The minimum atomic E-state index is -1.87. The van der Waals surface area contributed by atoms with E-state index in [1.54, 1.807) is 38.1 Å². The highest BCUT2D eigenvalue weighted by Crippen LogP contribution is 2.66. The molecule has 0 saturated carbocycles. The van der Waals surface area contributed by atoms with E-state index in [1.165, 1.54) is 7.11 Å². The lowest BCUT2D eigenvalue weighted by Crippen LogP contribution is -2.71. The number of fused-ring (bicyclic) bond motifs is 3. The van der Waals surface area contributed by atoms with Crippen LogP contribution in [0.3, 0.4) is 0 Å². The van der Waals surface area contributed by atoms with Gasteiger partial charge in [0.1, 0.15) is 11.9 Å². The molecule has 4 rings (SSSR count). The topological polar surface area (TPSA) is 123 Å². The largest absolute Gasteiger partial charge is 0.497 e. The van der Waals surface area contributed by atoms with Gasteiger partial charge in [-0.1, -0.05) is 19.1 Å². The summed E-state index contributed by atoms with van der Waals surface area (Å²) in [7, 11) is 1.51. The van der Waals surface area contributed by atoms with Gasteiger partial charge in [0.05, 0.1) is 31.2 Å². The van der Waals surface area contributed by atoms with Gasteiger partial charge < -0.3 is 14.2 Å². The number of nitriles is 3. The molecule has 2 bridgehead atoms. The first-order valence-corrected chi connectivity index (χ1v) is 7.68. The second-order valence-corrected chi connectivity index (χ2v) is 6.39. The van der Waals surface area contributed by atoms with E-state index in [9.17, 15) is 15.8 Å². The number of ether oxygens (including phenoxy) is 3. The Hall–Kier alpha value is -3.08. The Morgan fingerprint density at radius 2 is 1.88 bits per heavy atom. The van der Waals surface area contributed by atoms with Gasteiger partial charge in [-0.25, -0.2) is 0 Å². The number of benzene rings is 1. The molecule has 0 unspecified atom stereocenters. The summed E-state index contributed by atoms with van der Waals surface area (Å²) in [6.45, 7) is 3.22. The lowest BCUT2D eigenvalue weighted by molar-refractivity contribution is -0.338. The Balaban J connectivity index is 2.32. The summed E-state index contributed by atoms with van der Waals surface area (Å²) >= 11 is 0. The molecular formula is C18H16N4O3. The summed E-state index contributed by atoms with van der Waals surface area (Å²) in [6, 6.07) is 12.9. The van der Waals surface area contributed by atoms with E-state index in [1.807, 2.05) is 18.2 Å². The molecule has 4 atom stereocenters. The maximum Gasteiger partial charge on any atom is 0.215 e. The molecule has 3 saturated heterocycles. The van der Waals surface area contributed by atoms with Gasteiger partial charge >= 0.3 is 0 Å². The Morgan fingerprint density at radius 3 is 2.44 bits per heavy atom. The second-order valence-electron chi connectivity index (χ2n) is 6.39. The molecule has 3 aliphatic heterocycles. The molecule has 0 spiro atoms. The van der Waals surface area contributed by atoms with Gasteiger partial charge in [0.15, 0.2) is 10.8 Å². The fourth-order valence-electron chi connectivity index (χ4n) is 3.77. The Kier molecular flexibility index (Phi) is 3.49. The monoisotopic (exact) mass is 336 g/mol. The third-order valence-electron chi connectivity index (χ3n) is 5.39. The summed E-state index contributed by atoms with van der Waals surface area (Å²) in [5.74, 6) is -1.97. The van der Waals surface area contributed by atoms with Crippen LogP contribution in [-0.2, 0) is 9.47 Å². The normalized spacial score (nSPS) is 35.0. The fourth-order valence-corrected chi connectivity index (χ4v) is 3.77. The molecule has 25 heavy (non-hydrogen) atoms. The van der Waals surface area contributed by atoms with E-state index in [2.05, 4.69) is 0 Å². The lowest BCUT2D eigenvalue weighted by Gasteiger charge is -2.60. The third kappa shape index (κ3) is 1.78. The van der Waals surface area contributed by atoms with E-state index >= 15 is 0 Å². The Morgan fingerprint density at radius 1 is 1.20 bits per heavy atom. The van der Waals surface area contributed by atoms with Crippen molar-refractivity contribution in [1.82, 2.24) is 0 Å². The number of hydrogen-bond donors (Lipinski definition) is 1. The van der Waals surface area contributed by atoms with Gasteiger partial charge in [0.25, 0.3) is 0 Å². The highest BCUT2D eigenvalue weighted by Gasteiger charge is 2.78. The van der Waals surface area contributed by atoms with Crippen LogP contribution in [-0.4, -0.2) is 18.8 Å². The molecule has 1 aromatic carbocycles. The zero-order valence-electron chi connectivity index (χ0n) is 14.0. The molecule has 1 N–H and O–H groups in total. The molecule has 7 nitrogen and oxygen atoms in total. The van der Waals surface area contributed by atoms with Crippen LogP contribution >= 0.6 is 0 Å². The van der Waals surface area contributed by atoms with Crippen molar-refractivity contribution in [3.8, 4) is 24.0 Å². The van der Waals surface area contributed by atoms with Crippen molar-refractivity contribution in [3.05, 3.63) is 29.8 Å². The second kappa shape index (κ2) is 5.21. The van der Waals surface area contributed by atoms with Crippen molar-refractivity contribution in [2.45, 2.75) is 25.7 Å². The van der Waals surface area contributed by atoms with E-state index in [0.29, 0.717) is 11.3 Å². The van der Waals surface area contributed by atoms with Crippen LogP contribution in [0, 0.1) is 56.2 Å². The Bertz CT molecular complexity index is 864. The standard InChI is InChI=1S/C18H16N4O3/c1-11-16(2)24-14(12-5-4-6-13(7-12)23-3)18(10-21,15(22)25-16)17(11,8-19)9-20/h4-7,11,14,22H,1-3H3/t11-,14-,16-,18-/m0/s1. The molecule has 7 heteroatoms.